The Morgan fingerprint density at radius 2 is 2.10 bits per heavy atom. The quantitative estimate of drug-likeness (QED) is 0.899. The molecule has 3 rings (SSSR count). The van der Waals surface area contributed by atoms with E-state index < -0.39 is 0 Å². The minimum Gasteiger partial charge on any atom is -0.368 e. The van der Waals surface area contributed by atoms with E-state index in [-0.39, 0.29) is 6.04 Å². The van der Waals surface area contributed by atoms with Crippen molar-refractivity contribution in [1.29, 1.82) is 0 Å². The normalized spacial score (nSPS) is 25.4. The van der Waals surface area contributed by atoms with Gasteiger partial charge in [-0.3, -0.25) is 4.90 Å². The molecule has 2 heterocycles. The van der Waals surface area contributed by atoms with Gasteiger partial charge in [0, 0.05) is 36.2 Å². The number of hydrogen-bond donors (Lipinski definition) is 1. The average Bonchev–Trinajstić information content (AvgIpc) is 2.46. The highest BCUT2D eigenvalue weighted by atomic mass is 79.9. The lowest BCUT2D eigenvalue weighted by atomic mass is 9.99. The summed E-state index contributed by atoms with van der Waals surface area (Å²) in [5, 5.41) is 0. The third-order valence-electron chi connectivity index (χ3n) is 4.68. The zero-order chi connectivity index (χ0) is 14.1. The third kappa shape index (κ3) is 2.87. The van der Waals surface area contributed by atoms with Crippen molar-refractivity contribution in [3.63, 3.8) is 0 Å². The molecule has 0 amide bonds. The monoisotopic (exact) mass is 337 g/mol. The highest BCUT2D eigenvalue weighted by Crippen LogP contribution is 2.32. The largest absolute Gasteiger partial charge is 0.368 e. The molecule has 2 N–H and O–H groups in total. The molecule has 2 aliphatic rings. The van der Waals surface area contributed by atoms with Crippen LogP contribution in [-0.2, 0) is 0 Å². The van der Waals surface area contributed by atoms with Gasteiger partial charge in [-0.05, 0) is 59.9 Å². The summed E-state index contributed by atoms with van der Waals surface area (Å²) < 4.78 is 1.18. The molecule has 0 aliphatic carbocycles. The van der Waals surface area contributed by atoms with Gasteiger partial charge in [-0.2, -0.15) is 0 Å². The maximum Gasteiger partial charge on any atom is 0.0511 e. The number of nitrogens with two attached hydrogens (primary N) is 1. The van der Waals surface area contributed by atoms with Gasteiger partial charge >= 0.3 is 0 Å². The first-order valence-corrected chi connectivity index (χ1v) is 8.48. The van der Waals surface area contributed by atoms with Gasteiger partial charge in [-0.15, -0.1) is 0 Å². The lowest BCUT2D eigenvalue weighted by molar-refractivity contribution is 0.133. The number of fused-ring (bicyclic) bond motifs is 1. The summed E-state index contributed by atoms with van der Waals surface area (Å²) in [6, 6.07) is 7.40. The Hall–Kier alpha value is -0.580. The molecule has 0 radical (unpaired) electrons. The number of anilines is 1. The third-order valence-corrected chi connectivity index (χ3v) is 5.31. The topological polar surface area (TPSA) is 32.5 Å². The van der Waals surface area contributed by atoms with Crippen molar-refractivity contribution < 1.29 is 0 Å². The molecule has 4 heteroatoms. The van der Waals surface area contributed by atoms with Gasteiger partial charge in [0.2, 0.25) is 0 Å². The van der Waals surface area contributed by atoms with Crippen molar-refractivity contribution in [2.24, 2.45) is 5.73 Å². The van der Waals surface area contributed by atoms with Crippen LogP contribution in [0, 0.1) is 0 Å². The van der Waals surface area contributed by atoms with E-state index in [4.69, 9.17) is 5.73 Å². The van der Waals surface area contributed by atoms with Crippen molar-refractivity contribution in [3.05, 3.63) is 28.2 Å². The minimum atomic E-state index is 0.0931. The maximum absolute atomic E-state index is 5.96. The van der Waals surface area contributed by atoms with E-state index in [0.29, 0.717) is 0 Å². The Labute approximate surface area is 130 Å². The van der Waals surface area contributed by atoms with Crippen molar-refractivity contribution in [1.82, 2.24) is 4.90 Å². The van der Waals surface area contributed by atoms with E-state index in [0.717, 1.165) is 19.1 Å². The van der Waals surface area contributed by atoms with E-state index in [1.165, 1.54) is 48.1 Å². The Morgan fingerprint density at radius 1 is 1.25 bits per heavy atom. The summed E-state index contributed by atoms with van der Waals surface area (Å²) in [4.78, 5) is 5.20. The zero-order valence-electron chi connectivity index (χ0n) is 12.2. The molecule has 3 nitrogen and oxygen atoms in total. The van der Waals surface area contributed by atoms with Crippen LogP contribution in [-0.4, -0.2) is 37.1 Å². The van der Waals surface area contributed by atoms with Gasteiger partial charge < -0.3 is 10.6 Å². The Balaban J connectivity index is 1.76. The van der Waals surface area contributed by atoms with Crippen molar-refractivity contribution in [3.8, 4) is 0 Å². The molecular formula is C16H24BrN3. The molecular weight excluding hydrogens is 314 g/mol. The molecule has 2 unspecified atom stereocenters. The Kier molecular flexibility index (Phi) is 4.34. The summed E-state index contributed by atoms with van der Waals surface area (Å²) >= 11 is 3.73. The fraction of sp³-hybridized carbons (Fsp3) is 0.625. The maximum atomic E-state index is 5.96. The van der Waals surface area contributed by atoms with Crippen molar-refractivity contribution in [2.45, 2.75) is 38.3 Å². The zero-order valence-corrected chi connectivity index (χ0v) is 13.8. The summed E-state index contributed by atoms with van der Waals surface area (Å²) in [7, 11) is 0. The van der Waals surface area contributed by atoms with Crippen molar-refractivity contribution in [2.75, 3.05) is 31.1 Å². The predicted octanol–water partition coefficient (Wildman–Crippen LogP) is 3.14. The highest BCUT2D eigenvalue weighted by Gasteiger charge is 2.29. The minimum absolute atomic E-state index is 0.0931. The summed E-state index contributed by atoms with van der Waals surface area (Å²) in [6.07, 6.45) is 4.12. The predicted molar refractivity (Wildman–Crippen MR) is 88.2 cm³/mol. The van der Waals surface area contributed by atoms with Crippen molar-refractivity contribution >= 4 is 21.6 Å². The van der Waals surface area contributed by atoms with E-state index in [1.54, 1.807) is 0 Å². The lowest BCUT2D eigenvalue weighted by Crippen LogP contribution is -2.55. The number of piperidine rings is 1. The fourth-order valence-corrected chi connectivity index (χ4v) is 4.08. The summed E-state index contributed by atoms with van der Waals surface area (Å²) in [5.41, 5.74) is 8.47. The highest BCUT2D eigenvalue weighted by molar-refractivity contribution is 9.10. The second-order valence-electron chi connectivity index (χ2n) is 6.13. The molecule has 0 bridgehead atoms. The van der Waals surface area contributed by atoms with E-state index in [2.05, 4.69) is 43.9 Å². The molecule has 0 aromatic heterocycles. The second kappa shape index (κ2) is 6.04. The SMILES string of the molecule is CC(N)c1ccc(N2CCN3CCCCC3C2)c(Br)c1. The number of rotatable bonds is 2. The first-order chi connectivity index (χ1) is 9.65. The lowest BCUT2D eigenvalue weighted by Gasteiger charge is -2.45. The molecule has 2 aliphatic heterocycles. The molecule has 0 spiro atoms. The molecule has 0 saturated carbocycles. The van der Waals surface area contributed by atoms with Crippen LogP contribution in [0.3, 0.4) is 0 Å². The van der Waals surface area contributed by atoms with Gasteiger partial charge in [0.05, 0.1) is 5.69 Å². The van der Waals surface area contributed by atoms with Crippen LogP contribution < -0.4 is 10.6 Å². The van der Waals surface area contributed by atoms with Gasteiger partial charge in [0.1, 0.15) is 0 Å². The molecule has 2 fully saturated rings. The van der Waals surface area contributed by atoms with Crippen LogP contribution in [0.5, 0.6) is 0 Å². The first-order valence-electron chi connectivity index (χ1n) is 7.69. The van der Waals surface area contributed by atoms with Gasteiger partial charge in [0.25, 0.3) is 0 Å². The molecule has 2 atom stereocenters. The molecule has 110 valence electrons. The van der Waals surface area contributed by atoms with E-state index >= 15 is 0 Å². The number of benzene rings is 1. The van der Waals surface area contributed by atoms with Crippen LogP contribution in [0.15, 0.2) is 22.7 Å². The van der Waals surface area contributed by atoms with Gasteiger partial charge in [-0.1, -0.05) is 12.5 Å². The first kappa shape index (κ1) is 14.4. The smallest absolute Gasteiger partial charge is 0.0511 e. The number of hydrogen-bond acceptors (Lipinski definition) is 3. The molecule has 20 heavy (non-hydrogen) atoms. The summed E-state index contributed by atoms with van der Waals surface area (Å²) in [6.45, 7) is 6.82. The van der Waals surface area contributed by atoms with Gasteiger partial charge in [0.15, 0.2) is 0 Å². The Morgan fingerprint density at radius 3 is 2.85 bits per heavy atom. The number of nitrogens with zero attached hydrogens (tertiary/aromatic N) is 2. The molecule has 2 saturated heterocycles. The van der Waals surface area contributed by atoms with Crippen LogP contribution in [0.2, 0.25) is 0 Å². The number of halogens is 1. The fourth-order valence-electron chi connectivity index (χ4n) is 3.44. The van der Waals surface area contributed by atoms with Crippen LogP contribution >= 0.6 is 15.9 Å². The van der Waals surface area contributed by atoms with Crippen LogP contribution in [0.25, 0.3) is 0 Å². The van der Waals surface area contributed by atoms with E-state index in [9.17, 15) is 0 Å². The van der Waals surface area contributed by atoms with E-state index in [1.807, 2.05) is 6.92 Å². The van der Waals surface area contributed by atoms with Crippen LogP contribution in [0.4, 0.5) is 5.69 Å². The molecule has 1 aromatic rings. The number of piperazine rings is 1. The standard InChI is InChI=1S/C16H24BrN3/c1-12(18)13-5-6-16(15(17)10-13)20-9-8-19-7-3-2-4-14(19)11-20/h5-6,10,12,14H,2-4,7-9,11,18H2,1H3. The summed E-state index contributed by atoms with van der Waals surface area (Å²) in [5.74, 6) is 0. The average molecular weight is 338 g/mol. The second-order valence-corrected chi connectivity index (χ2v) is 6.99. The molecule has 1 aromatic carbocycles. The Bertz CT molecular complexity index is 475. The van der Waals surface area contributed by atoms with Gasteiger partial charge in [-0.25, -0.2) is 0 Å². The van der Waals surface area contributed by atoms with Crippen LogP contribution in [0.1, 0.15) is 37.8 Å².